The van der Waals surface area contributed by atoms with Crippen molar-refractivity contribution in [1.82, 2.24) is 5.32 Å². The fourth-order valence-corrected chi connectivity index (χ4v) is 1.34. The molecule has 6 heteroatoms. The monoisotopic (exact) mass is 267 g/mol. The summed E-state index contributed by atoms with van der Waals surface area (Å²) in [6.07, 6.45) is 0. The van der Waals surface area contributed by atoms with Crippen LogP contribution >= 0.6 is 0 Å². The second-order valence-corrected chi connectivity index (χ2v) is 4.42. The summed E-state index contributed by atoms with van der Waals surface area (Å²) in [5.74, 6) is -1.52. The van der Waals surface area contributed by atoms with Crippen LogP contribution in [0.4, 0.5) is 10.1 Å². The SMILES string of the molecule is CC(N)C(C)C(=O)NCC(=O)Nc1cccc(F)c1. The van der Waals surface area contributed by atoms with Gasteiger partial charge in [-0.15, -0.1) is 0 Å². The zero-order valence-electron chi connectivity index (χ0n) is 10.9. The molecule has 1 aromatic rings. The quantitative estimate of drug-likeness (QED) is 0.740. The minimum absolute atomic E-state index is 0.174. The molecule has 0 aliphatic carbocycles. The largest absolute Gasteiger partial charge is 0.347 e. The highest BCUT2D eigenvalue weighted by Gasteiger charge is 2.17. The molecule has 2 atom stereocenters. The standard InChI is InChI=1S/C13H18FN3O2/c1-8(9(2)15)13(19)16-7-12(18)17-11-5-3-4-10(14)6-11/h3-6,8-9H,7,15H2,1-2H3,(H,16,19)(H,17,18). The van der Waals surface area contributed by atoms with Gasteiger partial charge in [-0.25, -0.2) is 4.39 Å². The van der Waals surface area contributed by atoms with Crippen molar-refractivity contribution in [2.45, 2.75) is 19.9 Å². The van der Waals surface area contributed by atoms with Crippen LogP contribution in [0.1, 0.15) is 13.8 Å². The molecule has 5 nitrogen and oxygen atoms in total. The van der Waals surface area contributed by atoms with Crippen LogP contribution in [-0.4, -0.2) is 24.4 Å². The first-order chi connectivity index (χ1) is 8.90. The maximum atomic E-state index is 12.9. The van der Waals surface area contributed by atoms with Crippen molar-refractivity contribution >= 4 is 17.5 Å². The van der Waals surface area contributed by atoms with Gasteiger partial charge in [0.05, 0.1) is 6.54 Å². The molecule has 1 rings (SSSR count). The molecule has 0 aliphatic heterocycles. The number of carbonyl (C=O) groups is 2. The third-order valence-corrected chi connectivity index (χ3v) is 2.73. The number of rotatable bonds is 5. The predicted octanol–water partition coefficient (Wildman–Crippen LogP) is 0.864. The summed E-state index contributed by atoms with van der Waals surface area (Å²) >= 11 is 0. The molecular weight excluding hydrogens is 249 g/mol. The number of halogens is 1. The Bertz CT molecular complexity index is 463. The molecular formula is C13H18FN3O2. The Morgan fingerprint density at radius 1 is 1.37 bits per heavy atom. The molecule has 4 N–H and O–H groups in total. The summed E-state index contributed by atoms with van der Waals surface area (Å²) in [6, 6.07) is 5.24. The van der Waals surface area contributed by atoms with Gasteiger partial charge in [0.15, 0.2) is 0 Å². The molecule has 0 bridgehead atoms. The Morgan fingerprint density at radius 3 is 2.63 bits per heavy atom. The van der Waals surface area contributed by atoms with Crippen molar-refractivity contribution < 1.29 is 14.0 Å². The van der Waals surface area contributed by atoms with Crippen LogP contribution in [0.2, 0.25) is 0 Å². The zero-order valence-corrected chi connectivity index (χ0v) is 10.9. The first-order valence-corrected chi connectivity index (χ1v) is 5.99. The van der Waals surface area contributed by atoms with Crippen molar-refractivity contribution in [1.29, 1.82) is 0 Å². The van der Waals surface area contributed by atoms with Gasteiger partial charge in [-0.3, -0.25) is 9.59 Å². The fraction of sp³-hybridized carbons (Fsp3) is 0.385. The number of benzene rings is 1. The van der Waals surface area contributed by atoms with Crippen molar-refractivity contribution in [3.63, 3.8) is 0 Å². The molecule has 104 valence electrons. The van der Waals surface area contributed by atoms with E-state index in [2.05, 4.69) is 10.6 Å². The summed E-state index contributed by atoms with van der Waals surface area (Å²) in [5.41, 5.74) is 5.93. The Hall–Kier alpha value is -1.95. The molecule has 2 amide bonds. The van der Waals surface area contributed by atoms with E-state index in [1.165, 1.54) is 18.2 Å². The number of hydrogen-bond donors (Lipinski definition) is 3. The van der Waals surface area contributed by atoms with Crippen LogP contribution in [0.3, 0.4) is 0 Å². The van der Waals surface area contributed by atoms with Gasteiger partial charge in [0.25, 0.3) is 0 Å². The highest BCUT2D eigenvalue weighted by molar-refractivity contribution is 5.94. The lowest BCUT2D eigenvalue weighted by Crippen LogP contribution is -2.41. The van der Waals surface area contributed by atoms with E-state index in [9.17, 15) is 14.0 Å². The minimum Gasteiger partial charge on any atom is -0.347 e. The number of hydrogen-bond acceptors (Lipinski definition) is 3. The average Bonchev–Trinajstić information content (AvgIpc) is 2.34. The lowest BCUT2D eigenvalue weighted by Gasteiger charge is -2.15. The van der Waals surface area contributed by atoms with E-state index in [4.69, 9.17) is 5.73 Å². The zero-order chi connectivity index (χ0) is 14.4. The topological polar surface area (TPSA) is 84.2 Å². The molecule has 2 unspecified atom stereocenters. The maximum Gasteiger partial charge on any atom is 0.243 e. The van der Waals surface area contributed by atoms with Crippen LogP contribution < -0.4 is 16.4 Å². The van der Waals surface area contributed by atoms with Gasteiger partial charge in [0, 0.05) is 17.6 Å². The molecule has 0 fully saturated rings. The number of amides is 2. The van der Waals surface area contributed by atoms with Crippen LogP contribution in [0.25, 0.3) is 0 Å². The number of anilines is 1. The van der Waals surface area contributed by atoms with Crippen molar-refractivity contribution in [2.75, 3.05) is 11.9 Å². The van der Waals surface area contributed by atoms with Crippen LogP contribution in [0.5, 0.6) is 0 Å². The number of nitrogens with two attached hydrogens (primary N) is 1. The summed E-state index contributed by atoms with van der Waals surface area (Å²) in [5, 5.41) is 4.96. The van der Waals surface area contributed by atoms with Crippen molar-refractivity contribution in [3.05, 3.63) is 30.1 Å². The van der Waals surface area contributed by atoms with Crippen LogP contribution in [0, 0.1) is 11.7 Å². The van der Waals surface area contributed by atoms with Crippen molar-refractivity contribution in [2.24, 2.45) is 11.7 Å². The molecule has 0 heterocycles. The highest BCUT2D eigenvalue weighted by Crippen LogP contribution is 2.08. The van der Waals surface area contributed by atoms with Gasteiger partial charge in [-0.05, 0) is 25.1 Å². The average molecular weight is 267 g/mol. The Morgan fingerprint density at radius 2 is 2.05 bits per heavy atom. The first-order valence-electron chi connectivity index (χ1n) is 5.99. The van der Waals surface area contributed by atoms with E-state index in [1.807, 2.05) is 0 Å². The summed E-state index contributed by atoms with van der Waals surface area (Å²) in [6.45, 7) is 3.23. The molecule has 0 aliphatic rings. The molecule has 0 saturated heterocycles. The molecule has 0 saturated carbocycles. The van der Waals surface area contributed by atoms with Crippen molar-refractivity contribution in [3.8, 4) is 0 Å². The Balaban J connectivity index is 2.42. The van der Waals surface area contributed by atoms with Gasteiger partial charge < -0.3 is 16.4 Å². The van der Waals surface area contributed by atoms with E-state index < -0.39 is 11.7 Å². The third kappa shape index (κ3) is 5.05. The summed E-state index contributed by atoms with van der Waals surface area (Å²) in [7, 11) is 0. The molecule has 19 heavy (non-hydrogen) atoms. The molecule has 1 aromatic carbocycles. The Kier molecular flexibility index (Phi) is 5.44. The van der Waals surface area contributed by atoms with Gasteiger partial charge in [0.2, 0.25) is 11.8 Å². The van der Waals surface area contributed by atoms with Gasteiger partial charge in [-0.1, -0.05) is 13.0 Å². The lowest BCUT2D eigenvalue weighted by molar-refractivity contribution is -0.127. The van der Waals surface area contributed by atoms with Crippen LogP contribution in [0.15, 0.2) is 24.3 Å². The maximum absolute atomic E-state index is 12.9. The third-order valence-electron chi connectivity index (χ3n) is 2.73. The van der Waals surface area contributed by atoms with Crippen LogP contribution in [-0.2, 0) is 9.59 Å². The normalized spacial score (nSPS) is 13.5. The second kappa shape index (κ2) is 6.84. The molecule has 0 radical (unpaired) electrons. The molecule has 0 spiro atoms. The van der Waals surface area contributed by atoms with Gasteiger partial charge in [0.1, 0.15) is 5.82 Å². The lowest BCUT2D eigenvalue weighted by atomic mass is 10.0. The highest BCUT2D eigenvalue weighted by atomic mass is 19.1. The van der Waals surface area contributed by atoms with E-state index in [1.54, 1.807) is 19.9 Å². The van der Waals surface area contributed by atoms with E-state index in [0.29, 0.717) is 5.69 Å². The second-order valence-electron chi connectivity index (χ2n) is 4.42. The van der Waals surface area contributed by atoms with E-state index in [0.717, 1.165) is 0 Å². The minimum atomic E-state index is -0.438. The first kappa shape index (κ1) is 15.1. The number of nitrogens with one attached hydrogen (secondary N) is 2. The fourth-order valence-electron chi connectivity index (χ4n) is 1.34. The summed E-state index contributed by atoms with van der Waals surface area (Å²) < 4.78 is 12.9. The van der Waals surface area contributed by atoms with Gasteiger partial charge in [-0.2, -0.15) is 0 Å². The summed E-state index contributed by atoms with van der Waals surface area (Å²) in [4.78, 5) is 23.1. The molecule has 0 aromatic heterocycles. The predicted molar refractivity (Wildman–Crippen MR) is 70.9 cm³/mol. The van der Waals surface area contributed by atoms with Gasteiger partial charge >= 0.3 is 0 Å². The smallest absolute Gasteiger partial charge is 0.243 e. The van der Waals surface area contributed by atoms with E-state index >= 15 is 0 Å². The number of carbonyl (C=O) groups excluding carboxylic acids is 2. The van der Waals surface area contributed by atoms with E-state index in [-0.39, 0.29) is 24.4 Å². The Labute approximate surface area is 111 Å².